The summed E-state index contributed by atoms with van der Waals surface area (Å²) in [6.45, 7) is 5.47. The first kappa shape index (κ1) is 19.7. The van der Waals surface area contributed by atoms with Crippen molar-refractivity contribution in [2.24, 2.45) is 0 Å². The Morgan fingerprint density at radius 3 is 2.62 bits per heavy atom. The Bertz CT molecular complexity index is 1170. The first-order valence-electron chi connectivity index (χ1n) is 8.99. The molecule has 0 unspecified atom stereocenters. The molecule has 3 aromatic rings. The standard InChI is InChI=1S/C23H19N5O/c1-15-4-5-19(10-20(15)18-8-16(11-24)12-26-13-18)28-22(29)17-6-7-27-21(9-17)23(2,3)14-25/h4-10,12-13H,1-3H3,(H,28,29). The van der Waals surface area contributed by atoms with E-state index in [1.807, 2.05) is 25.1 Å². The van der Waals surface area contributed by atoms with Gasteiger partial charge in [-0.25, -0.2) is 0 Å². The highest BCUT2D eigenvalue weighted by molar-refractivity contribution is 6.04. The molecule has 6 nitrogen and oxygen atoms in total. The molecule has 0 aliphatic heterocycles. The van der Waals surface area contributed by atoms with Gasteiger partial charge in [-0.3, -0.25) is 14.8 Å². The van der Waals surface area contributed by atoms with Crippen LogP contribution in [0.2, 0.25) is 0 Å². The summed E-state index contributed by atoms with van der Waals surface area (Å²) in [5.41, 5.74) is 3.96. The fraction of sp³-hybridized carbons (Fsp3) is 0.174. The van der Waals surface area contributed by atoms with E-state index in [0.717, 1.165) is 16.7 Å². The monoisotopic (exact) mass is 381 g/mol. The van der Waals surface area contributed by atoms with E-state index in [9.17, 15) is 10.1 Å². The number of benzene rings is 1. The molecule has 0 radical (unpaired) electrons. The third-order valence-electron chi connectivity index (χ3n) is 4.62. The van der Waals surface area contributed by atoms with Crippen molar-refractivity contribution in [2.75, 3.05) is 5.32 Å². The minimum absolute atomic E-state index is 0.291. The van der Waals surface area contributed by atoms with Crippen LogP contribution in [0.25, 0.3) is 11.1 Å². The van der Waals surface area contributed by atoms with Crippen LogP contribution in [0.1, 0.15) is 41.0 Å². The van der Waals surface area contributed by atoms with Gasteiger partial charge in [-0.1, -0.05) is 6.07 Å². The topological polar surface area (TPSA) is 102 Å². The number of nitrogens with zero attached hydrogens (tertiary/aromatic N) is 4. The zero-order valence-electron chi connectivity index (χ0n) is 16.4. The molecule has 1 N–H and O–H groups in total. The number of rotatable bonds is 4. The number of pyridine rings is 2. The van der Waals surface area contributed by atoms with Crippen LogP contribution in [0.3, 0.4) is 0 Å². The number of anilines is 1. The van der Waals surface area contributed by atoms with Crippen molar-refractivity contribution < 1.29 is 4.79 Å². The Kier molecular flexibility index (Phi) is 5.38. The summed E-state index contributed by atoms with van der Waals surface area (Å²) in [7, 11) is 0. The van der Waals surface area contributed by atoms with Crippen LogP contribution in [-0.4, -0.2) is 15.9 Å². The van der Waals surface area contributed by atoms with Gasteiger partial charge in [0.15, 0.2) is 0 Å². The molecule has 0 saturated carbocycles. The molecule has 1 aromatic carbocycles. The Balaban J connectivity index is 1.90. The van der Waals surface area contributed by atoms with Crippen molar-refractivity contribution in [3.8, 4) is 23.3 Å². The summed E-state index contributed by atoms with van der Waals surface area (Å²) in [4.78, 5) is 21.1. The van der Waals surface area contributed by atoms with E-state index in [1.54, 1.807) is 38.2 Å². The fourth-order valence-corrected chi connectivity index (χ4v) is 2.83. The van der Waals surface area contributed by atoms with E-state index in [2.05, 4.69) is 27.4 Å². The molecular weight excluding hydrogens is 362 g/mol. The minimum atomic E-state index is -0.786. The number of carbonyl (C=O) groups is 1. The summed E-state index contributed by atoms with van der Waals surface area (Å²) in [5, 5.41) is 21.3. The second kappa shape index (κ2) is 7.92. The highest BCUT2D eigenvalue weighted by atomic mass is 16.1. The van der Waals surface area contributed by atoms with Gasteiger partial charge >= 0.3 is 0 Å². The second-order valence-electron chi connectivity index (χ2n) is 7.22. The molecule has 2 heterocycles. The van der Waals surface area contributed by atoms with Crippen LogP contribution >= 0.6 is 0 Å². The van der Waals surface area contributed by atoms with Gasteiger partial charge in [0.2, 0.25) is 0 Å². The lowest BCUT2D eigenvalue weighted by atomic mass is 9.90. The van der Waals surface area contributed by atoms with Crippen LogP contribution < -0.4 is 5.32 Å². The Morgan fingerprint density at radius 2 is 1.90 bits per heavy atom. The SMILES string of the molecule is Cc1ccc(NC(=O)c2ccnc(C(C)(C)C#N)c2)cc1-c1cncc(C#N)c1. The first-order chi connectivity index (χ1) is 13.8. The predicted molar refractivity (Wildman–Crippen MR) is 110 cm³/mol. The molecule has 3 rings (SSSR count). The molecule has 142 valence electrons. The van der Waals surface area contributed by atoms with Gasteiger partial charge < -0.3 is 5.32 Å². The summed E-state index contributed by atoms with van der Waals surface area (Å²) in [6, 6.07) is 14.9. The van der Waals surface area contributed by atoms with Crippen molar-refractivity contribution in [3.63, 3.8) is 0 Å². The number of nitriles is 2. The number of aryl methyl sites for hydroxylation is 1. The Hall–Kier alpha value is -4.03. The predicted octanol–water partition coefficient (Wildman–Crippen LogP) is 4.38. The van der Waals surface area contributed by atoms with Crippen LogP contribution in [-0.2, 0) is 5.41 Å². The number of aromatic nitrogens is 2. The molecule has 29 heavy (non-hydrogen) atoms. The maximum absolute atomic E-state index is 12.7. The lowest BCUT2D eigenvalue weighted by molar-refractivity contribution is 0.102. The maximum atomic E-state index is 12.7. The number of hydrogen-bond donors (Lipinski definition) is 1. The van der Waals surface area contributed by atoms with Gasteiger partial charge in [0.25, 0.3) is 5.91 Å². The highest BCUT2D eigenvalue weighted by Gasteiger charge is 2.22. The van der Waals surface area contributed by atoms with Crippen molar-refractivity contribution in [2.45, 2.75) is 26.2 Å². The molecule has 0 fully saturated rings. The third kappa shape index (κ3) is 4.28. The smallest absolute Gasteiger partial charge is 0.255 e. The molecule has 0 aliphatic rings. The summed E-state index contributed by atoms with van der Waals surface area (Å²) in [5.74, 6) is -0.291. The third-order valence-corrected chi connectivity index (χ3v) is 4.62. The zero-order chi connectivity index (χ0) is 21.0. The largest absolute Gasteiger partial charge is 0.322 e. The molecule has 2 aromatic heterocycles. The van der Waals surface area contributed by atoms with Crippen LogP contribution in [0.5, 0.6) is 0 Å². The molecule has 1 amide bonds. The Morgan fingerprint density at radius 1 is 1.10 bits per heavy atom. The van der Waals surface area contributed by atoms with Crippen LogP contribution in [0.4, 0.5) is 5.69 Å². The van der Waals surface area contributed by atoms with Crippen molar-refractivity contribution in [3.05, 3.63) is 77.4 Å². The van der Waals surface area contributed by atoms with E-state index >= 15 is 0 Å². The minimum Gasteiger partial charge on any atom is -0.322 e. The molecule has 0 spiro atoms. The normalized spacial score (nSPS) is 10.7. The van der Waals surface area contributed by atoms with Gasteiger partial charge in [0.1, 0.15) is 6.07 Å². The average Bonchev–Trinajstić information content (AvgIpc) is 2.75. The van der Waals surface area contributed by atoms with Crippen molar-refractivity contribution >= 4 is 11.6 Å². The lowest BCUT2D eigenvalue weighted by Crippen LogP contribution is -2.18. The van der Waals surface area contributed by atoms with Crippen molar-refractivity contribution in [1.29, 1.82) is 10.5 Å². The molecular formula is C23H19N5O. The molecule has 0 atom stereocenters. The second-order valence-corrected chi connectivity index (χ2v) is 7.22. The van der Waals surface area contributed by atoms with Gasteiger partial charge in [-0.2, -0.15) is 10.5 Å². The number of nitrogens with one attached hydrogen (secondary N) is 1. The fourth-order valence-electron chi connectivity index (χ4n) is 2.83. The van der Waals surface area contributed by atoms with E-state index in [4.69, 9.17) is 5.26 Å². The van der Waals surface area contributed by atoms with Gasteiger partial charge in [-0.15, -0.1) is 0 Å². The first-order valence-corrected chi connectivity index (χ1v) is 8.99. The van der Waals surface area contributed by atoms with E-state index in [0.29, 0.717) is 22.5 Å². The molecule has 0 bridgehead atoms. The quantitative estimate of drug-likeness (QED) is 0.722. The lowest BCUT2D eigenvalue weighted by Gasteiger charge is -2.15. The summed E-state index contributed by atoms with van der Waals surface area (Å²) >= 11 is 0. The molecule has 6 heteroatoms. The maximum Gasteiger partial charge on any atom is 0.255 e. The van der Waals surface area contributed by atoms with Crippen LogP contribution in [0.15, 0.2) is 55.0 Å². The number of carbonyl (C=O) groups excluding carboxylic acids is 1. The highest BCUT2D eigenvalue weighted by Crippen LogP contribution is 2.27. The van der Waals surface area contributed by atoms with Gasteiger partial charge in [0.05, 0.1) is 22.7 Å². The Labute approximate surface area is 169 Å². The summed E-state index contributed by atoms with van der Waals surface area (Å²) in [6.07, 6.45) is 4.73. The number of amides is 1. The average molecular weight is 381 g/mol. The number of hydrogen-bond acceptors (Lipinski definition) is 5. The zero-order valence-corrected chi connectivity index (χ0v) is 16.4. The van der Waals surface area contributed by atoms with E-state index in [-0.39, 0.29) is 5.91 Å². The molecule has 0 saturated heterocycles. The summed E-state index contributed by atoms with van der Waals surface area (Å²) < 4.78 is 0. The van der Waals surface area contributed by atoms with E-state index in [1.165, 1.54) is 12.4 Å². The van der Waals surface area contributed by atoms with E-state index < -0.39 is 5.41 Å². The molecule has 0 aliphatic carbocycles. The van der Waals surface area contributed by atoms with Gasteiger partial charge in [-0.05, 0) is 62.2 Å². The van der Waals surface area contributed by atoms with Gasteiger partial charge in [0, 0.05) is 35.4 Å². The van der Waals surface area contributed by atoms with Crippen LogP contribution in [0, 0.1) is 29.6 Å². The van der Waals surface area contributed by atoms with Crippen molar-refractivity contribution in [1.82, 2.24) is 9.97 Å².